The lowest BCUT2D eigenvalue weighted by molar-refractivity contribution is 0.00641. The molecule has 17 heavy (non-hydrogen) atoms. The normalized spacial score (nSPS) is 31.1. The molecule has 92 valence electrons. The number of ether oxygens (including phenoxy) is 1. The van der Waals surface area contributed by atoms with Crippen molar-refractivity contribution in [2.45, 2.75) is 25.2 Å². The van der Waals surface area contributed by atoms with Crippen molar-refractivity contribution in [3.8, 4) is 0 Å². The molecule has 3 rings (SSSR count). The molecule has 2 heteroatoms. The molecule has 0 aromatic heterocycles. The Labute approximate surface area is 103 Å². The summed E-state index contributed by atoms with van der Waals surface area (Å²) in [6.07, 6.45) is 3.62. The van der Waals surface area contributed by atoms with Crippen LogP contribution in [0.1, 0.15) is 30.7 Å². The minimum Gasteiger partial charge on any atom is -0.381 e. The van der Waals surface area contributed by atoms with Crippen LogP contribution < -0.4 is 5.73 Å². The number of hydrogen-bond donors (Lipinski definition) is 1. The van der Waals surface area contributed by atoms with Crippen molar-refractivity contribution >= 4 is 0 Å². The molecule has 0 radical (unpaired) electrons. The van der Waals surface area contributed by atoms with Crippen LogP contribution in [0.25, 0.3) is 0 Å². The maximum Gasteiger partial charge on any atom is 0.0471 e. The molecular weight excluding hydrogens is 210 g/mol. The van der Waals surface area contributed by atoms with Gasteiger partial charge in [-0.05, 0) is 48.6 Å². The summed E-state index contributed by atoms with van der Waals surface area (Å²) in [5.74, 6) is 1.54. The van der Waals surface area contributed by atoms with Crippen LogP contribution in [0.15, 0.2) is 30.3 Å². The second-order valence-corrected chi connectivity index (χ2v) is 5.54. The van der Waals surface area contributed by atoms with E-state index in [0.717, 1.165) is 44.4 Å². The summed E-state index contributed by atoms with van der Waals surface area (Å²) < 4.78 is 5.49. The van der Waals surface area contributed by atoms with Gasteiger partial charge in [-0.15, -0.1) is 0 Å². The van der Waals surface area contributed by atoms with Gasteiger partial charge >= 0.3 is 0 Å². The zero-order chi connectivity index (χ0) is 11.7. The summed E-state index contributed by atoms with van der Waals surface area (Å²) in [5.41, 5.74) is 7.92. The Morgan fingerprint density at radius 2 is 1.88 bits per heavy atom. The maximum absolute atomic E-state index is 6.06. The van der Waals surface area contributed by atoms with Gasteiger partial charge in [0.15, 0.2) is 0 Å². The number of hydrogen-bond acceptors (Lipinski definition) is 2. The van der Waals surface area contributed by atoms with Gasteiger partial charge in [-0.25, -0.2) is 0 Å². The highest BCUT2D eigenvalue weighted by molar-refractivity contribution is 5.27. The Bertz CT molecular complexity index is 370. The van der Waals surface area contributed by atoms with Crippen LogP contribution in [-0.2, 0) is 4.74 Å². The Morgan fingerprint density at radius 1 is 1.18 bits per heavy atom. The first kappa shape index (κ1) is 11.2. The molecule has 0 spiro atoms. The van der Waals surface area contributed by atoms with E-state index in [2.05, 4.69) is 30.3 Å². The highest BCUT2D eigenvalue weighted by Gasteiger charge is 2.52. The van der Waals surface area contributed by atoms with Crippen LogP contribution in [0, 0.1) is 11.3 Å². The molecule has 2 nitrogen and oxygen atoms in total. The van der Waals surface area contributed by atoms with Crippen molar-refractivity contribution in [2.24, 2.45) is 17.1 Å². The summed E-state index contributed by atoms with van der Waals surface area (Å²) in [7, 11) is 0. The lowest BCUT2D eigenvalue weighted by atomic mass is 9.74. The van der Waals surface area contributed by atoms with E-state index in [1.165, 1.54) is 12.0 Å². The summed E-state index contributed by atoms with van der Waals surface area (Å²) in [5, 5.41) is 0. The molecular formula is C15H21NO. The molecule has 2 aliphatic rings. The van der Waals surface area contributed by atoms with E-state index >= 15 is 0 Å². The summed E-state index contributed by atoms with van der Waals surface area (Å²) >= 11 is 0. The van der Waals surface area contributed by atoms with E-state index in [1.807, 2.05) is 0 Å². The number of nitrogens with two attached hydrogens (primary N) is 1. The average Bonchev–Trinajstić information content (AvgIpc) is 3.21. The Kier molecular flexibility index (Phi) is 2.93. The van der Waals surface area contributed by atoms with Crippen molar-refractivity contribution in [2.75, 3.05) is 19.8 Å². The number of benzene rings is 1. The second kappa shape index (κ2) is 4.43. The van der Waals surface area contributed by atoms with Crippen LogP contribution in [0.2, 0.25) is 0 Å². The molecule has 0 bridgehead atoms. The molecule has 1 aromatic carbocycles. The predicted octanol–water partition coefficient (Wildman–Crippen LogP) is 2.55. The van der Waals surface area contributed by atoms with Crippen molar-refractivity contribution < 1.29 is 4.74 Å². The average molecular weight is 231 g/mol. The molecule has 1 aromatic rings. The van der Waals surface area contributed by atoms with E-state index < -0.39 is 0 Å². The summed E-state index contributed by atoms with van der Waals surface area (Å²) in [4.78, 5) is 0. The van der Waals surface area contributed by atoms with Crippen molar-refractivity contribution in [3.63, 3.8) is 0 Å². The topological polar surface area (TPSA) is 35.2 Å². The third kappa shape index (κ3) is 2.00. The van der Waals surface area contributed by atoms with Crippen molar-refractivity contribution in [1.29, 1.82) is 0 Å². The van der Waals surface area contributed by atoms with Crippen LogP contribution >= 0.6 is 0 Å². The van der Waals surface area contributed by atoms with E-state index in [4.69, 9.17) is 10.5 Å². The molecule has 2 atom stereocenters. The van der Waals surface area contributed by atoms with Gasteiger partial charge in [-0.2, -0.15) is 0 Å². The third-order valence-electron chi connectivity index (χ3n) is 4.70. The van der Waals surface area contributed by atoms with E-state index in [9.17, 15) is 0 Å². The van der Waals surface area contributed by atoms with E-state index in [1.54, 1.807) is 0 Å². The Balaban J connectivity index is 1.74. The molecule has 0 amide bonds. The van der Waals surface area contributed by atoms with Crippen LogP contribution in [0.5, 0.6) is 0 Å². The first-order valence-corrected chi connectivity index (χ1v) is 6.68. The van der Waals surface area contributed by atoms with Gasteiger partial charge in [0.05, 0.1) is 0 Å². The minimum atomic E-state index is 0.360. The van der Waals surface area contributed by atoms with Gasteiger partial charge in [0, 0.05) is 13.2 Å². The second-order valence-electron chi connectivity index (χ2n) is 5.54. The molecule has 2 N–H and O–H groups in total. The summed E-state index contributed by atoms with van der Waals surface area (Å²) in [6, 6.07) is 10.9. The lowest BCUT2D eigenvalue weighted by Crippen LogP contribution is -2.38. The molecule has 1 saturated heterocycles. The standard InChI is InChI=1S/C15H21NO/c16-11-15(6-8-17-9-7-15)14-10-13(14)12-4-2-1-3-5-12/h1-5,13-14H,6-11,16H2. The quantitative estimate of drug-likeness (QED) is 0.867. The first-order chi connectivity index (χ1) is 8.36. The van der Waals surface area contributed by atoms with E-state index in [0.29, 0.717) is 5.41 Å². The zero-order valence-corrected chi connectivity index (χ0v) is 10.3. The van der Waals surface area contributed by atoms with Gasteiger partial charge in [0.1, 0.15) is 0 Å². The lowest BCUT2D eigenvalue weighted by Gasteiger charge is -2.37. The molecule has 2 unspecified atom stereocenters. The third-order valence-corrected chi connectivity index (χ3v) is 4.70. The van der Waals surface area contributed by atoms with Crippen LogP contribution in [-0.4, -0.2) is 19.8 Å². The predicted molar refractivity (Wildman–Crippen MR) is 68.8 cm³/mol. The fourth-order valence-electron chi connectivity index (χ4n) is 3.44. The number of rotatable bonds is 3. The van der Waals surface area contributed by atoms with Gasteiger partial charge in [0.2, 0.25) is 0 Å². The molecule has 2 fully saturated rings. The molecule has 1 aliphatic carbocycles. The first-order valence-electron chi connectivity index (χ1n) is 6.68. The SMILES string of the molecule is NCC1(C2CC2c2ccccc2)CCOCC1. The van der Waals surface area contributed by atoms with Gasteiger partial charge in [-0.3, -0.25) is 0 Å². The van der Waals surface area contributed by atoms with Crippen LogP contribution in [0.4, 0.5) is 0 Å². The Hall–Kier alpha value is -0.860. The maximum atomic E-state index is 6.06. The Morgan fingerprint density at radius 3 is 2.53 bits per heavy atom. The van der Waals surface area contributed by atoms with Gasteiger partial charge in [0.25, 0.3) is 0 Å². The zero-order valence-electron chi connectivity index (χ0n) is 10.3. The largest absolute Gasteiger partial charge is 0.381 e. The van der Waals surface area contributed by atoms with Crippen molar-refractivity contribution in [3.05, 3.63) is 35.9 Å². The fourth-order valence-corrected chi connectivity index (χ4v) is 3.44. The molecule has 1 aliphatic heterocycles. The van der Waals surface area contributed by atoms with Crippen LogP contribution in [0.3, 0.4) is 0 Å². The molecule has 1 heterocycles. The highest BCUT2D eigenvalue weighted by atomic mass is 16.5. The van der Waals surface area contributed by atoms with Gasteiger partial charge < -0.3 is 10.5 Å². The molecule has 1 saturated carbocycles. The monoisotopic (exact) mass is 231 g/mol. The highest BCUT2D eigenvalue weighted by Crippen LogP contribution is 2.59. The summed E-state index contributed by atoms with van der Waals surface area (Å²) in [6.45, 7) is 2.62. The van der Waals surface area contributed by atoms with Crippen molar-refractivity contribution in [1.82, 2.24) is 0 Å². The smallest absolute Gasteiger partial charge is 0.0471 e. The fraction of sp³-hybridized carbons (Fsp3) is 0.600. The van der Waals surface area contributed by atoms with E-state index in [-0.39, 0.29) is 0 Å². The minimum absolute atomic E-state index is 0.360. The van der Waals surface area contributed by atoms with Gasteiger partial charge in [-0.1, -0.05) is 30.3 Å².